The second-order valence-corrected chi connectivity index (χ2v) is 12.1. The first kappa shape index (κ1) is 41.3. The topological polar surface area (TPSA) is 89.8 Å². The maximum absolute atomic E-state index is 12.3. The molecular formula is C38H69NO4. The third-order valence-electron chi connectivity index (χ3n) is 7.82. The SMILES string of the molecule is CCCCCC/C=C/CC/C=C/CC/C=C/C(O)C(CO)NC(=O)CC(O)CCCCC/C=C\CCCCCCCCC. The van der Waals surface area contributed by atoms with E-state index in [0.29, 0.717) is 6.42 Å². The second-order valence-electron chi connectivity index (χ2n) is 12.1. The van der Waals surface area contributed by atoms with E-state index >= 15 is 0 Å². The van der Waals surface area contributed by atoms with Crippen LogP contribution in [0.5, 0.6) is 0 Å². The van der Waals surface area contributed by atoms with Crippen molar-refractivity contribution in [1.82, 2.24) is 5.32 Å². The summed E-state index contributed by atoms with van der Waals surface area (Å²) in [5.41, 5.74) is 0. The third kappa shape index (κ3) is 30.1. The lowest BCUT2D eigenvalue weighted by Gasteiger charge is -2.20. The Labute approximate surface area is 266 Å². The Morgan fingerprint density at radius 3 is 1.51 bits per heavy atom. The minimum atomic E-state index is -0.962. The van der Waals surface area contributed by atoms with Crippen LogP contribution in [0.25, 0.3) is 0 Å². The highest BCUT2D eigenvalue weighted by molar-refractivity contribution is 5.76. The molecule has 250 valence electrons. The van der Waals surface area contributed by atoms with Crippen LogP contribution in [0, 0.1) is 0 Å². The van der Waals surface area contributed by atoms with Crippen LogP contribution in [-0.4, -0.2) is 46.1 Å². The lowest BCUT2D eigenvalue weighted by molar-refractivity contribution is -0.124. The van der Waals surface area contributed by atoms with Crippen molar-refractivity contribution >= 4 is 5.91 Å². The fraction of sp³-hybridized carbons (Fsp3) is 0.763. The molecule has 43 heavy (non-hydrogen) atoms. The lowest BCUT2D eigenvalue weighted by atomic mass is 10.1. The number of carbonyl (C=O) groups excluding carboxylic acids is 1. The fourth-order valence-corrected chi connectivity index (χ4v) is 5.01. The van der Waals surface area contributed by atoms with E-state index in [4.69, 9.17) is 0 Å². The molecule has 0 bridgehead atoms. The number of hydrogen-bond acceptors (Lipinski definition) is 4. The normalized spacial score (nSPS) is 14.4. The first-order valence-corrected chi connectivity index (χ1v) is 17.9. The van der Waals surface area contributed by atoms with Crippen LogP contribution >= 0.6 is 0 Å². The molecule has 0 aromatic rings. The Morgan fingerprint density at radius 2 is 1.00 bits per heavy atom. The number of aliphatic hydroxyl groups excluding tert-OH is 3. The van der Waals surface area contributed by atoms with Gasteiger partial charge in [0, 0.05) is 0 Å². The van der Waals surface area contributed by atoms with E-state index in [0.717, 1.165) is 51.4 Å². The molecule has 0 spiro atoms. The van der Waals surface area contributed by atoms with Crippen LogP contribution in [0.1, 0.15) is 162 Å². The predicted molar refractivity (Wildman–Crippen MR) is 185 cm³/mol. The minimum absolute atomic E-state index is 0.00980. The fourth-order valence-electron chi connectivity index (χ4n) is 5.01. The molecule has 3 unspecified atom stereocenters. The van der Waals surface area contributed by atoms with E-state index in [1.54, 1.807) is 6.08 Å². The molecule has 0 fully saturated rings. The van der Waals surface area contributed by atoms with E-state index in [-0.39, 0.29) is 18.9 Å². The van der Waals surface area contributed by atoms with Crippen molar-refractivity contribution in [3.63, 3.8) is 0 Å². The highest BCUT2D eigenvalue weighted by atomic mass is 16.3. The summed E-state index contributed by atoms with van der Waals surface area (Å²) >= 11 is 0. The Bertz CT molecular complexity index is 715. The standard InChI is InChI=1S/C38H69NO4/c1-3-5-7-9-11-13-15-17-19-21-23-25-27-29-31-35(41)33-38(43)39-36(34-40)37(42)32-30-28-26-24-22-20-18-16-14-12-10-8-6-4-2/h14,16,19,21-22,24,30,32,35-37,40-42H,3-13,15,17-18,20,23,25-29,31,33-34H2,1-2H3,(H,39,43)/b16-14+,21-19-,24-22+,32-30+. The van der Waals surface area contributed by atoms with Crippen LogP contribution in [-0.2, 0) is 4.79 Å². The lowest BCUT2D eigenvalue weighted by Crippen LogP contribution is -2.45. The van der Waals surface area contributed by atoms with Gasteiger partial charge in [-0.3, -0.25) is 4.79 Å². The molecule has 0 aromatic heterocycles. The van der Waals surface area contributed by atoms with Crippen molar-refractivity contribution in [2.24, 2.45) is 0 Å². The Hall–Kier alpha value is -1.69. The Morgan fingerprint density at radius 1 is 0.581 bits per heavy atom. The largest absolute Gasteiger partial charge is 0.394 e. The number of allylic oxidation sites excluding steroid dienone is 7. The average Bonchev–Trinajstić information content (AvgIpc) is 3.00. The molecule has 0 aliphatic heterocycles. The molecule has 0 rings (SSSR count). The zero-order valence-corrected chi connectivity index (χ0v) is 28.1. The van der Waals surface area contributed by atoms with Crippen LogP contribution in [0.4, 0.5) is 0 Å². The molecule has 5 heteroatoms. The molecule has 0 saturated carbocycles. The van der Waals surface area contributed by atoms with Crippen LogP contribution in [0.3, 0.4) is 0 Å². The van der Waals surface area contributed by atoms with Gasteiger partial charge in [0.15, 0.2) is 0 Å². The van der Waals surface area contributed by atoms with Gasteiger partial charge in [-0.25, -0.2) is 0 Å². The predicted octanol–water partition coefficient (Wildman–Crippen LogP) is 9.42. The second kappa shape index (κ2) is 33.2. The molecule has 3 atom stereocenters. The van der Waals surface area contributed by atoms with E-state index in [1.807, 2.05) is 6.08 Å². The smallest absolute Gasteiger partial charge is 0.222 e. The summed E-state index contributed by atoms with van der Waals surface area (Å²) in [4.78, 5) is 12.3. The first-order valence-electron chi connectivity index (χ1n) is 17.9. The molecule has 0 aromatic carbocycles. The molecule has 1 amide bonds. The number of rotatable bonds is 31. The zero-order chi connectivity index (χ0) is 31.6. The number of carbonyl (C=O) groups is 1. The monoisotopic (exact) mass is 604 g/mol. The van der Waals surface area contributed by atoms with E-state index in [9.17, 15) is 20.1 Å². The van der Waals surface area contributed by atoms with Crippen molar-refractivity contribution in [3.8, 4) is 0 Å². The van der Waals surface area contributed by atoms with Crippen LogP contribution in [0.15, 0.2) is 48.6 Å². The van der Waals surface area contributed by atoms with Gasteiger partial charge in [0.1, 0.15) is 0 Å². The summed E-state index contributed by atoms with van der Waals surface area (Å²) in [5.74, 6) is -0.342. The van der Waals surface area contributed by atoms with Gasteiger partial charge in [-0.2, -0.15) is 0 Å². The number of aliphatic hydroxyl groups is 3. The van der Waals surface area contributed by atoms with Crippen LogP contribution < -0.4 is 5.32 Å². The number of amides is 1. The zero-order valence-electron chi connectivity index (χ0n) is 28.1. The maximum atomic E-state index is 12.3. The van der Waals surface area contributed by atoms with Gasteiger partial charge in [0.05, 0.1) is 31.3 Å². The molecule has 4 N–H and O–H groups in total. The van der Waals surface area contributed by atoms with Crippen molar-refractivity contribution in [1.29, 1.82) is 0 Å². The van der Waals surface area contributed by atoms with Crippen molar-refractivity contribution in [2.45, 2.75) is 180 Å². The number of unbranched alkanes of at least 4 members (excludes halogenated alkanes) is 16. The maximum Gasteiger partial charge on any atom is 0.222 e. The van der Waals surface area contributed by atoms with Gasteiger partial charge in [0.2, 0.25) is 5.91 Å². The Kier molecular flexibility index (Phi) is 31.9. The van der Waals surface area contributed by atoms with Crippen molar-refractivity contribution in [2.75, 3.05) is 6.61 Å². The minimum Gasteiger partial charge on any atom is -0.394 e. The molecular weight excluding hydrogens is 534 g/mol. The summed E-state index contributed by atoms with van der Waals surface area (Å²) in [6, 6.07) is -0.770. The van der Waals surface area contributed by atoms with Gasteiger partial charge in [-0.1, -0.05) is 133 Å². The van der Waals surface area contributed by atoms with Crippen molar-refractivity contribution < 1.29 is 20.1 Å². The summed E-state index contributed by atoms with van der Waals surface area (Å²) in [5, 5.41) is 32.9. The summed E-state index contributed by atoms with van der Waals surface area (Å²) in [7, 11) is 0. The summed E-state index contributed by atoms with van der Waals surface area (Å²) < 4.78 is 0. The van der Waals surface area contributed by atoms with Gasteiger partial charge < -0.3 is 20.6 Å². The molecule has 5 nitrogen and oxygen atoms in total. The van der Waals surface area contributed by atoms with Crippen LogP contribution in [0.2, 0.25) is 0 Å². The summed E-state index contributed by atoms with van der Waals surface area (Å²) in [6.07, 6.45) is 40.9. The summed E-state index contributed by atoms with van der Waals surface area (Å²) in [6.45, 7) is 4.14. The molecule has 0 saturated heterocycles. The highest BCUT2D eigenvalue weighted by Gasteiger charge is 2.20. The molecule has 0 aliphatic carbocycles. The van der Waals surface area contributed by atoms with Gasteiger partial charge in [0.25, 0.3) is 0 Å². The van der Waals surface area contributed by atoms with E-state index < -0.39 is 18.2 Å². The molecule has 0 radical (unpaired) electrons. The molecule has 0 heterocycles. The molecule has 0 aliphatic rings. The first-order chi connectivity index (χ1) is 21.0. The van der Waals surface area contributed by atoms with E-state index in [2.05, 4.69) is 55.6 Å². The van der Waals surface area contributed by atoms with Gasteiger partial charge in [-0.15, -0.1) is 0 Å². The van der Waals surface area contributed by atoms with Gasteiger partial charge >= 0.3 is 0 Å². The van der Waals surface area contributed by atoms with E-state index in [1.165, 1.54) is 83.5 Å². The number of hydrogen-bond donors (Lipinski definition) is 4. The third-order valence-corrected chi connectivity index (χ3v) is 7.82. The van der Waals surface area contributed by atoms with Crippen molar-refractivity contribution in [3.05, 3.63) is 48.6 Å². The van der Waals surface area contributed by atoms with Gasteiger partial charge in [-0.05, 0) is 70.6 Å². The quantitative estimate of drug-likeness (QED) is 0.0469. The number of nitrogens with one attached hydrogen (secondary N) is 1. The highest BCUT2D eigenvalue weighted by Crippen LogP contribution is 2.11. The average molecular weight is 604 g/mol. The Balaban J connectivity index is 3.87.